The summed E-state index contributed by atoms with van der Waals surface area (Å²) in [5.74, 6) is 0. The Morgan fingerprint density at radius 2 is 1.18 bits per heavy atom. The van der Waals surface area contributed by atoms with Crippen LogP contribution < -0.4 is 26.4 Å². The normalized spacial score (nSPS) is 12.2. The second kappa shape index (κ2) is 8.23. The van der Waals surface area contributed by atoms with Crippen LogP contribution in [0, 0.1) is 0 Å². The first-order valence-corrected chi connectivity index (χ1v) is 14.8. The zero-order valence-corrected chi connectivity index (χ0v) is 19.8. The van der Waals surface area contributed by atoms with Crippen LogP contribution in [0.25, 0.3) is 0 Å². The predicted molar refractivity (Wildman–Crippen MR) is 132 cm³/mol. The number of para-hydroxylation sites is 1. The Morgan fingerprint density at radius 1 is 0.679 bits per heavy atom. The number of nitrogens with one attached hydrogen (secondary N) is 1. The van der Waals surface area contributed by atoms with Crippen LogP contribution in [-0.4, -0.2) is 13.6 Å². The molecule has 0 saturated heterocycles. The molecule has 0 aromatic heterocycles. The van der Waals surface area contributed by atoms with E-state index in [1.54, 1.807) is 0 Å². The Hall–Kier alpha value is -1.89. The Morgan fingerprint density at radius 3 is 1.61 bits per heavy atom. The molecule has 0 amide bonds. The highest BCUT2D eigenvalue weighted by Crippen LogP contribution is 2.36. The van der Waals surface area contributed by atoms with Crippen molar-refractivity contribution in [3.8, 4) is 0 Å². The summed E-state index contributed by atoms with van der Waals surface area (Å²) in [5, 5.41) is 9.63. The molecule has 0 radical (unpaired) electrons. The third-order valence-electron chi connectivity index (χ3n) is 4.62. The molecule has 3 rings (SSSR count). The first-order chi connectivity index (χ1) is 13.2. The molecule has 0 aliphatic rings. The lowest BCUT2D eigenvalue weighted by Crippen LogP contribution is -2.45. The summed E-state index contributed by atoms with van der Waals surface area (Å²) >= 11 is 0. The minimum absolute atomic E-state index is 0.0128. The third-order valence-corrected chi connectivity index (χ3v) is 9.14. The van der Waals surface area contributed by atoms with Crippen molar-refractivity contribution in [1.29, 1.82) is 0 Å². The fourth-order valence-electron chi connectivity index (χ4n) is 3.44. The molecule has 1 N–H and O–H groups in total. The number of benzene rings is 3. The van der Waals surface area contributed by atoms with E-state index in [4.69, 9.17) is 0 Å². The van der Waals surface area contributed by atoms with E-state index in [-0.39, 0.29) is 5.54 Å². The molecule has 0 unspecified atom stereocenters. The van der Waals surface area contributed by atoms with Gasteiger partial charge in [-0.15, -0.1) is 0 Å². The summed E-state index contributed by atoms with van der Waals surface area (Å²) in [5.41, 5.74) is 1.37. The summed E-state index contributed by atoms with van der Waals surface area (Å²) in [6.45, 7) is 14.1. The van der Waals surface area contributed by atoms with Gasteiger partial charge >= 0.3 is 0 Å². The minimum atomic E-state index is -1.51. The number of anilines is 1. The van der Waals surface area contributed by atoms with Crippen LogP contribution in [-0.2, 0) is 0 Å². The molecular weight excluding hydrogens is 373 g/mol. The average Bonchev–Trinajstić information content (AvgIpc) is 2.63. The Kier molecular flexibility index (Phi) is 6.12. The van der Waals surface area contributed by atoms with E-state index in [0.717, 1.165) is 0 Å². The van der Waals surface area contributed by atoms with Crippen molar-refractivity contribution in [1.82, 2.24) is 0 Å². The predicted octanol–water partition coefficient (Wildman–Crippen LogP) is 5.20. The summed E-state index contributed by atoms with van der Waals surface area (Å²) in [4.78, 5) is 0. The molecule has 0 aliphatic carbocycles. The quantitative estimate of drug-likeness (QED) is 0.454. The van der Waals surface area contributed by atoms with Crippen molar-refractivity contribution in [2.24, 2.45) is 0 Å². The lowest BCUT2D eigenvalue weighted by atomic mass is 10.1. The lowest BCUT2D eigenvalue weighted by molar-refractivity contribution is 0.635. The second-order valence-electron chi connectivity index (χ2n) is 9.33. The molecule has 3 aromatic carbocycles. The molecule has 3 aromatic rings. The van der Waals surface area contributed by atoms with Crippen molar-refractivity contribution in [2.75, 3.05) is 5.32 Å². The van der Waals surface area contributed by atoms with Crippen LogP contribution >= 0.6 is 7.92 Å². The molecule has 0 saturated carbocycles. The van der Waals surface area contributed by atoms with E-state index in [9.17, 15) is 0 Å². The highest BCUT2D eigenvalue weighted by atomic mass is 31.1. The summed E-state index contributed by atoms with van der Waals surface area (Å²) in [6, 6.07) is 28.9. The summed E-state index contributed by atoms with van der Waals surface area (Å²) in [6.07, 6.45) is 0. The maximum atomic E-state index is 3.90. The van der Waals surface area contributed by atoms with E-state index in [0.29, 0.717) is 0 Å². The number of rotatable bonds is 5. The Labute approximate surface area is 173 Å². The SMILES string of the molecule is CC(C)(C)Nc1c(P(c2ccccc2)c2ccccc2)cccc1[Si](C)(C)C. The lowest BCUT2D eigenvalue weighted by Gasteiger charge is -2.32. The van der Waals surface area contributed by atoms with Crippen molar-refractivity contribution >= 4 is 42.8 Å². The highest BCUT2D eigenvalue weighted by molar-refractivity contribution is 7.80. The maximum Gasteiger partial charge on any atom is 0.0803 e. The molecular formula is C25H32NPSi. The molecule has 0 spiro atoms. The van der Waals surface area contributed by atoms with Gasteiger partial charge in [-0.05, 0) is 44.5 Å². The van der Waals surface area contributed by atoms with Gasteiger partial charge in [0.2, 0.25) is 0 Å². The van der Waals surface area contributed by atoms with Crippen LogP contribution in [0.5, 0.6) is 0 Å². The van der Waals surface area contributed by atoms with Crippen molar-refractivity contribution in [3.05, 3.63) is 78.9 Å². The maximum absolute atomic E-state index is 3.90. The number of hydrogen-bond donors (Lipinski definition) is 1. The van der Waals surface area contributed by atoms with Gasteiger partial charge in [-0.1, -0.05) is 98.5 Å². The fourth-order valence-corrected chi connectivity index (χ4v) is 7.52. The standard InChI is InChI=1S/C25H32NPSi/c1-25(2,3)26-24-22(18-13-19-23(24)28(4,5)6)27(20-14-9-7-10-15-20)21-16-11-8-12-17-21/h7-19,26H,1-6H3. The highest BCUT2D eigenvalue weighted by Gasteiger charge is 2.28. The molecule has 3 heteroatoms. The van der Waals surface area contributed by atoms with E-state index in [1.165, 1.54) is 26.8 Å². The molecule has 0 heterocycles. The molecule has 0 fully saturated rings. The fraction of sp³-hybridized carbons (Fsp3) is 0.280. The summed E-state index contributed by atoms with van der Waals surface area (Å²) in [7, 11) is -2.13. The van der Waals surface area contributed by atoms with Crippen LogP contribution in [0.2, 0.25) is 19.6 Å². The van der Waals surface area contributed by atoms with E-state index >= 15 is 0 Å². The van der Waals surface area contributed by atoms with E-state index in [2.05, 4.69) is 125 Å². The van der Waals surface area contributed by atoms with Crippen LogP contribution in [0.3, 0.4) is 0 Å². The molecule has 0 atom stereocenters. The van der Waals surface area contributed by atoms with Gasteiger partial charge in [-0.3, -0.25) is 0 Å². The van der Waals surface area contributed by atoms with Crippen LogP contribution in [0.15, 0.2) is 78.9 Å². The zero-order valence-electron chi connectivity index (χ0n) is 18.0. The average molecular weight is 406 g/mol. The van der Waals surface area contributed by atoms with Crippen LogP contribution in [0.4, 0.5) is 5.69 Å². The minimum Gasteiger partial charge on any atom is -0.380 e. The van der Waals surface area contributed by atoms with Gasteiger partial charge in [0.25, 0.3) is 0 Å². The number of hydrogen-bond acceptors (Lipinski definition) is 1. The van der Waals surface area contributed by atoms with Gasteiger partial charge in [0.15, 0.2) is 0 Å². The topological polar surface area (TPSA) is 12.0 Å². The second-order valence-corrected chi connectivity index (χ2v) is 16.6. The van der Waals surface area contributed by atoms with Crippen molar-refractivity contribution in [3.63, 3.8) is 0 Å². The zero-order chi connectivity index (χ0) is 20.4. The monoisotopic (exact) mass is 405 g/mol. The van der Waals surface area contributed by atoms with E-state index in [1.807, 2.05) is 0 Å². The molecule has 0 bridgehead atoms. The van der Waals surface area contributed by atoms with Gasteiger partial charge in [0.1, 0.15) is 0 Å². The van der Waals surface area contributed by atoms with Crippen molar-refractivity contribution < 1.29 is 0 Å². The Bertz CT molecular complexity index is 869. The van der Waals surface area contributed by atoms with Crippen LogP contribution in [0.1, 0.15) is 20.8 Å². The van der Waals surface area contributed by atoms with Gasteiger partial charge < -0.3 is 5.32 Å². The van der Waals surface area contributed by atoms with E-state index < -0.39 is 16.0 Å². The molecule has 0 aliphatic heterocycles. The third kappa shape index (κ3) is 4.93. The smallest absolute Gasteiger partial charge is 0.0803 e. The summed E-state index contributed by atoms with van der Waals surface area (Å²) < 4.78 is 0. The van der Waals surface area contributed by atoms with Gasteiger partial charge in [-0.25, -0.2) is 0 Å². The first-order valence-electron chi connectivity index (χ1n) is 9.99. The molecule has 28 heavy (non-hydrogen) atoms. The Balaban J connectivity index is 2.28. The molecule has 146 valence electrons. The van der Waals surface area contributed by atoms with Gasteiger partial charge in [-0.2, -0.15) is 0 Å². The largest absolute Gasteiger partial charge is 0.380 e. The van der Waals surface area contributed by atoms with Gasteiger partial charge in [0, 0.05) is 16.5 Å². The molecule has 1 nitrogen and oxygen atoms in total. The van der Waals surface area contributed by atoms with Crippen molar-refractivity contribution in [2.45, 2.75) is 46.0 Å². The first kappa shape index (κ1) is 20.8. The van der Waals surface area contributed by atoms with Gasteiger partial charge in [0.05, 0.1) is 8.07 Å².